The smallest absolute Gasteiger partial charge is 0.407 e. The summed E-state index contributed by atoms with van der Waals surface area (Å²) in [6.45, 7) is 13.0. The molecule has 1 aliphatic rings. The molecule has 2 aromatic heterocycles. The van der Waals surface area contributed by atoms with Crippen LogP contribution in [0.2, 0.25) is 5.02 Å². The number of aryl methyl sites for hydroxylation is 2. The number of benzene rings is 1. The molecule has 55 heavy (non-hydrogen) atoms. The molecule has 3 amide bonds. The molecule has 1 aliphatic heterocycles. The number of para-hydroxylation sites is 1. The van der Waals surface area contributed by atoms with Crippen molar-refractivity contribution in [2.75, 3.05) is 61.3 Å². The van der Waals surface area contributed by atoms with Crippen LogP contribution in [0.3, 0.4) is 0 Å². The largest absolute Gasteiger partial charge is 0.444 e. The lowest BCUT2D eigenvalue weighted by atomic mass is 10.2. The van der Waals surface area contributed by atoms with Crippen molar-refractivity contribution in [3.63, 3.8) is 0 Å². The molecule has 0 bridgehead atoms. The average Bonchev–Trinajstić information content (AvgIpc) is 3.60. The Labute approximate surface area is 331 Å². The molecule has 1 fully saturated rings. The topological polar surface area (TPSA) is 145 Å². The second kappa shape index (κ2) is 19.3. The van der Waals surface area contributed by atoms with Crippen molar-refractivity contribution in [2.24, 2.45) is 0 Å². The number of amides is 3. The van der Waals surface area contributed by atoms with E-state index in [2.05, 4.69) is 40.7 Å². The van der Waals surface area contributed by atoms with Crippen LogP contribution in [0.4, 0.5) is 27.2 Å². The summed E-state index contributed by atoms with van der Waals surface area (Å²) < 4.78 is 5.39. The molecule has 1 saturated heterocycles. The van der Waals surface area contributed by atoms with Crippen molar-refractivity contribution in [3.8, 4) is 0 Å². The minimum atomic E-state index is -0.618. The SMILES string of the molecule is Cc1nc(Nc2ncc(C(=O)Nc3c(C)cccc3Cl)s2)cc(N2CCN(CC(=O)N(CCNC(=O)OC(C)(C)C)Cc3ccccccccc3)CC2)n1. The van der Waals surface area contributed by atoms with Gasteiger partial charge in [0.05, 0.1) is 23.5 Å². The molecule has 3 N–H and O–H groups in total. The third-order valence-corrected chi connectivity index (χ3v) is 9.59. The van der Waals surface area contributed by atoms with Gasteiger partial charge in [-0.05, 0) is 51.8 Å². The highest BCUT2D eigenvalue weighted by molar-refractivity contribution is 7.17. The molecule has 2 aromatic carbocycles. The Hall–Kier alpha value is -5.31. The third kappa shape index (κ3) is 12.9. The molecule has 3 heterocycles. The molecule has 4 aromatic rings. The van der Waals surface area contributed by atoms with Gasteiger partial charge in [0.15, 0.2) is 5.13 Å². The predicted octanol–water partition coefficient (Wildman–Crippen LogP) is 7.00. The lowest BCUT2D eigenvalue weighted by molar-refractivity contribution is -0.133. The predicted molar refractivity (Wildman–Crippen MR) is 219 cm³/mol. The molecular formula is C40H48ClN9O4S. The maximum Gasteiger partial charge on any atom is 0.407 e. The summed E-state index contributed by atoms with van der Waals surface area (Å²) in [5.74, 6) is 1.57. The van der Waals surface area contributed by atoms with Gasteiger partial charge in [-0.15, -0.1) is 0 Å². The number of carbonyl (C=O) groups is 3. The Morgan fingerprint density at radius 1 is 0.927 bits per heavy atom. The molecule has 5 rings (SSSR count). The van der Waals surface area contributed by atoms with E-state index in [1.165, 1.54) is 17.5 Å². The van der Waals surface area contributed by atoms with E-state index < -0.39 is 11.7 Å². The maximum atomic E-state index is 13.8. The molecule has 15 heteroatoms. The lowest BCUT2D eigenvalue weighted by Crippen LogP contribution is -2.51. The minimum absolute atomic E-state index is 0.0342. The number of nitrogens with one attached hydrogen (secondary N) is 3. The van der Waals surface area contributed by atoms with Crippen LogP contribution in [0.5, 0.6) is 0 Å². The van der Waals surface area contributed by atoms with Gasteiger partial charge in [0, 0.05) is 51.9 Å². The number of rotatable bonds is 12. The van der Waals surface area contributed by atoms with Crippen molar-refractivity contribution >= 4 is 63.3 Å². The van der Waals surface area contributed by atoms with Gasteiger partial charge in [0.2, 0.25) is 5.91 Å². The van der Waals surface area contributed by atoms with Crippen molar-refractivity contribution in [1.82, 2.24) is 30.1 Å². The van der Waals surface area contributed by atoms with E-state index in [9.17, 15) is 14.4 Å². The Bertz CT molecular complexity index is 1970. The fourth-order valence-electron chi connectivity index (χ4n) is 5.68. The zero-order chi connectivity index (χ0) is 39.4. The highest BCUT2D eigenvalue weighted by atomic mass is 35.5. The Morgan fingerprint density at radius 2 is 1.62 bits per heavy atom. The van der Waals surface area contributed by atoms with E-state index in [-0.39, 0.29) is 24.9 Å². The van der Waals surface area contributed by atoms with Gasteiger partial charge in [0.1, 0.15) is 27.9 Å². The van der Waals surface area contributed by atoms with Crippen molar-refractivity contribution in [1.29, 1.82) is 0 Å². The Balaban J connectivity index is 1.19. The summed E-state index contributed by atoms with van der Waals surface area (Å²) in [5.41, 5.74) is 1.77. The Morgan fingerprint density at radius 3 is 2.29 bits per heavy atom. The zero-order valence-electron chi connectivity index (χ0n) is 31.8. The van der Waals surface area contributed by atoms with Gasteiger partial charge in [-0.3, -0.25) is 14.5 Å². The first-order valence-corrected chi connectivity index (χ1v) is 19.3. The third-order valence-electron chi connectivity index (χ3n) is 8.37. The van der Waals surface area contributed by atoms with Gasteiger partial charge in [-0.25, -0.2) is 19.7 Å². The zero-order valence-corrected chi connectivity index (χ0v) is 33.4. The number of thiazole rings is 1. The number of carbonyl (C=O) groups excluding carboxylic acids is 3. The van der Waals surface area contributed by atoms with E-state index in [0.29, 0.717) is 71.6 Å². The molecule has 0 spiro atoms. The van der Waals surface area contributed by atoms with Crippen LogP contribution in [0.25, 0.3) is 0 Å². The highest BCUT2D eigenvalue weighted by Gasteiger charge is 2.24. The summed E-state index contributed by atoms with van der Waals surface area (Å²) in [5, 5.41) is 9.87. The monoisotopic (exact) mass is 785 g/mol. The number of hydrogen-bond acceptors (Lipinski definition) is 11. The average molecular weight is 786 g/mol. The number of aromatic nitrogens is 3. The van der Waals surface area contributed by atoms with Gasteiger partial charge < -0.3 is 30.5 Å². The summed E-state index contributed by atoms with van der Waals surface area (Å²) in [6, 6.07) is 24.9. The van der Waals surface area contributed by atoms with Crippen LogP contribution in [0.15, 0.2) is 85.1 Å². The fourth-order valence-corrected chi connectivity index (χ4v) is 6.66. The summed E-state index contributed by atoms with van der Waals surface area (Å²) >= 11 is 7.51. The number of nitrogens with zero attached hydrogens (tertiary/aromatic N) is 6. The number of anilines is 4. The minimum Gasteiger partial charge on any atom is -0.444 e. The van der Waals surface area contributed by atoms with Crippen LogP contribution >= 0.6 is 22.9 Å². The van der Waals surface area contributed by atoms with Crippen molar-refractivity contribution in [2.45, 2.75) is 46.8 Å². The quantitative estimate of drug-likeness (QED) is 0.137. The molecule has 290 valence electrons. The summed E-state index contributed by atoms with van der Waals surface area (Å²) in [7, 11) is 0. The molecule has 0 saturated carbocycles. The first-order chi connectivity index (χ1) is 26.3. The van der Waals surface area contributed by atoms with E-state index in [4.69, 9.17) is 16.3 Å². The number of piperazine rings is 1. The fraction of sp³-hybridized carbons (Fsp3) is 0.350. The number of hydrogen-bond donors (Lipinski definition) is 3. The number of halogens is 1. The van der Waals surface area contributed by atoms with Gasteiger partial charge in [0.25, 0.3) is 5.91 Å². The van der Waals surface area contributed by atoms with Crippen LogP contribution in [-0.2, 0) is 16.1 Å². The van der Waals surface area contributed by atoms with Gasteiger partial charge in [-0.1, -0.05) is 89.7 Å². The molecule has 0 unspecified atom stereocenters. The van der Waals surface area contributed by atoms with Crippen LogP contribution in [0, 0.1) is 13.8 Å². The van der Waals surface area contributed by atoms with Crippen LogP contribution in [-0.4, -0.2) is 94.1 Å². The van der Waals surface area contributed by atoms with Crippen LogP contribution in [0.1, 0.15) is 47.4 Å². The number of alkyl carbamates (subject to hydrolysis) is 1. The normalized spacial score (nSPS) is 13.0. The summed E-state index contributed by atoms with van der Waals surface area (Å²) in [4.78, 5) is 59.2. The lowest BCUT2D eigenvalue weighted by Gasteiger charge is -2.36. The maximum absolute atomic E-state index is 13.8. The van der Waals surface area contributed by atoms with Gasteiger partial charge in [-0.2, -0.15) is 0 Å². The second-order valence-electron chi connectivity index (χ2n) is 14.0. The first kappa shape index (κ1) is 40.9. The molecule has 0 atom stereocenters. The van der Waals surface area contributed by atoms with E-state index in [1.54, 1.807) is 11.0 Å². The van der Waals surface area contributed by atoms with E-state index in [1.807, 2.05) is 107 Å². The molecule has 13 nitrogen and oxygen atoms in total. The molecular weight excluding hydrogens is 738 g/mol. The Kier molecular flexibility index (Phi) is 14.4. The number of ether oxygens (including phenoxy) is 1. The van der Waals surface area contributed by atoms with Crippen LogP contribution < -0.4 is 20.9 Å². The van der Waals surface area contributed by atoms with E-state index in [0.717, 1.165) is 16.9 Å². The highest BCUT2D eigenvalue weighted by Crippen LogP contribution is 2.28. The summed E-state index contributed by atoms with van der Waals surface area (Å²) in [6.07, 6.45) is 0.998. The van der Waals surface area contributed by atoms with Crippen molar-refractivity contribution in [3.05, 3.63) is 112 Å². The molecule has 0 radical (unpaired) electrons. The standard InChI is InChI=1S/C40H48ClN9O4S/c1-28-14-13-17-31(41)36(28)47-37(52)32-25-43-38(55-32)46-33-24-34(45-29(2)44-33)49-22-20-48(21-23-49)27-35(51)50(19-18-42-39(53)54-40(3,4)5)26-30-15-11-9-7-6-8-10-12-16-30/h6-17,24-25H,18-23,26-27H2,1-5H3,(H,42,53)(H,47,52)(H,43,44,45,46). The first-order valence-electron chi connectivity index (χ1n) is 18.1. The van der Waals surface area contributed by atoms with E-state index >= 15 is 0 Å². The second-order valence-corrected chi connectivity index (χ2v) is 15.4. The molecule has 0 aliphatic carbocycles. The van der Waals surface area contributed by atoms with Gasteiger partial charge >= 0.3 is 6.09 Å². The van der Waals surface area contributed by atoms with Crippen molar-refractivity contribution < 1.29 is 19.1 Å².